The summed E-state index contributed by atoms with van der Waals surface area (Å²) in [4.78, 5) is 0. The van der Waals surface area contributed by atoms with Gasteiger partial charge >= 0.3 is 0 Å². The summed E-state index contributed by atoms with van der Waals surface area (Å²) in [6.45, 7) is 1.80. The standard InChI is InChI=1S/C14H13NOS/c1-14(16,8-12-6-7-17-10-12)13-4-2-11(9-15)3-5-13/h2-7,10,16H,8H2,1H3. The molecule has 0 saturated heterocycles. The van der Waals surface area contributed by atoms with Crippen LogP contribution in [0.3, 0.4) is 0 Å². The van der Waals surface area contributed by atoms with Gasteiger partial charge in [-0.05, 0) is 47.0 Å². The minimum atomic E-state index is -0.894. The van der Waals surface area contributed by atoms with Crippen LogP contribution in [-0.2, 0) is 12.0 Å². The minimum absolute atomic E-state index is 0.586. The average molecular weight is 243 g/mol. The molecule has 17 heavy (non-hydrogen) atoms. The van der Waals surface area contributed by atoms with Gasteiger partial charge in [0.15, 0.2) is 0 Å². The summed E-state index contributed by atoms with van der Waals surface area (Å²) < 4.78 is 0. The maximum absolute atomic E-state index is 10.4. The molecule has 86 valence electrons. The Morgan fingerprint density at radius 2 is 2.00 bits per heavy atom. The average Bonchev–Trinajstić information content (AvgIpc) is 2.81. The van der Waals surface area contributed by atoms with Crippen LogP contribution in [0.4, 0.5) is 0 Å². The summed E-state index contributed by atoms with van der Waals surface area (Å²) in [5.41, 5.74) is 1.68. The summed E-state index contributed by atoms with van der Waals surface area (Å²) in [6, 6.07) is 11.2. The Morgan fingerprint density at radius 3 is 2.53 bits per heavy atom. The van der Waals surface area contributed by atoms with Gasteiger partial charge in [0, 0.05) is 6.42 Å². The Labute approximate surface area is 105 Å². The van der Waals surface area contributed by atoms with E-state index in [0.717, 1.165) is 11.1 Å². The molecule has 2 rings (SSSR count). The zero-order chi connectivity index (χ0) is 12.3. The number of aliphatic hydroxyl groups is 1. The Balaban J connectivity index is 2.22. The van der Waals surface area contributed by atoms with Crippen molar-refractivity contribution >= 4 is 11.3 Å². The number of nitrogens with zero attached hydrogens (tertiary/aromatic N) is 1. The molecule has 1 N–H and O–H groups in total. The lowest BCUT2D eigenvalue weighted by molar-refractivity contribution is 0.0577. The Bertz CT molecular complexity index is 520. The first-order chi connectivity index (χ1) is 8.12. The second-order valence-corrected chi connectivity index (χ2v) is 5.05. The molecule has 0 aliphatic heterocycles. The smallest absolute Gasteiger partial charge is 0.0991 e. The fraction of sp³-hybridized carbons (Fsp3) is 0.214. The van der Waals surface area contributed by atoms with Crippen LogP contribution in [0.1, 0.15) is 23.6 Å². The van der Waals surface area contributed by atoms with E-state index < -0.39 is 5.60 Å². The number of rotatable bonds is 3. The molecule has 2 aromatic rings. The van der Waals surface area contributed by atoms with Gasteiger partial charge in [0.05, 0.1) is 17.2 Å². The van der Waals surface area contributed by atoms with Crippen LogP contribution in [0.15, 0.2) is 41.1 Å². The SMILES string of the molecule is CC(O)(Cc1ccsc1)c1ccc(C#N)cc1. The molecule has 1 aromatic carbocycles. The maximum atomic E-state index is 10.4. The van der Waals surface area contributed by atoms with Gasteiger partial charge in [0.25, 0.3) is 0 Å². The highest BCUT2D eigenvalue weighted by Gasteiger charge is 2.23. The first kappa shape index (κ1) is 11.8. The van der Waals surface area contributed by atoms with Crippen molar-refractivity contribution in [1.29, 1.82) is 5.26 Å². The zero-order valence-electron chi connectivity index (χ0n) is 9.55. The molecule has 0 spiro atoms. The molecule has 1 heterocycles. The highest BCUT2D eigenvalue weighted by Crippen LogP contribution is 2.26. The van der Waals surface area contributed by atoms with E-state index in [1.54, 1.807) is 30.4 Å². The van der Waals surface area contributed by atoms with Crippen molar-refractivity contribution in [2.45, 2.75) is 18.9 Å². The third kappa shape index (κ3) is 2.73. The summed E-state index contributed by atoms with van der Waals surface area (Å²) in [7, 11) is 0. The summed E-state index contributed by atoms with van der Waals surface area (Å²) >= 11 is 1.63. The lowest BCUT2D eigenvalue weighted by Crippen LogP contribution is -2.23. The van der Waals surface area contributed by atoms with Crippen LogP contribution in [-0.4, -0.2) is 5.11 Å². The third-order valence-corrected chi connectivity index (χ3v) is 3.50. The predicted octanol–water partition coefficient (Wildman–Crippen LogP) is 3.07. The quantitative estimate of drug-likeness (QED) is 0.900. The molecule has 1 unspecified atom stereocenters. The molecule has 0 radical (unpaired) electrons. The van der Waals surface area contributed by atoms with Crippen molar-refractivity contribution in [2.75, 3.05) is 0 Å². The van der Waals surface area contributed by atoms with Crippen molar-refractivity contribution in [3.05, 3.63) is 57.8 Å². The molecule has 0 aliphatic carbocycles. The van der Waals surface area contributed by atoms with Gasteiger partial charge in [-0.15, -0.1) is 0 Å². The molecule has 0 saturated carbocycles. The van der Waals surface area contributed by atoms with Crippen molar-refractivity contribution in [3.8, 4) is 6.07 Å². The molecule has 0 bridgehead atoms. The van der Waals surface area contributed by atoms with E-state index in [1.807, 2.05) is 29.0 Å². The largest absolute Gasteiger partial charge is 0.385 e. The third-order valence-electron chi connectivity index (χ3n) is 2.76. The number of benzene rings is 1. The lowest BCUT2D eigenvalue weighted by Gasteiger charge is -2.23. The minimum Gasteiger partial charge on any atom is -0.385 e. The van der Waals surface area contributed by atoms with E-state index in [2.05, 4.69) is 6.07 Å². The van der Waals surface area contributed by atoms with Crippen molar-refractivity contribution in [2.24, 2.45) is 0 Å². The monoisotopic (exact) mass is 243 g/mol. The van der Waals surface area contributed by atoms with Gasteiger partial charge in [0.2, 0.25) is 0 Å². The number of thiophene rings is 1. The first-order valence-electron chi connectivity index (χ1n) is 5.36. The lowest BCUT2D eigenvalue weighted by atomic mass is 9.89. The number of nitriles is 1. The molecule has 1 aromatic heterocycles. The van der Waals surface area contributed by atoms with Gasteiger partial charge in [-0.2, -0.15) is 16.6 Å². The van der Waals surface area contributed by atoms with Gasteiger partial charge in [-0.3, -0.25) is 0 Å². The van der Waals surface area contributed by atoms with Crippen molar-refractivity contribution in [1.82, 2.24) is 0 Å². The Morgan fingerprint density at radius 1 is 1.29 bits per heavy atom. The second kappa shape index (κ2) is 4.70. The highest BCUT2D eigenvalue weighted by atomic mass is 32.1. The normalized spacial score (nSPS) is 13.9. The fourth-order valence-corrected chi connectivity index (χ4v) is 2.47. The van der Waals surface area contributed by atoms with E-state index in [4.69, 9.17) is 5.26 Å². The molecular weight excluding hydrogens is 230 g/mol. The first-order valence-corrected chi connectivity index (χ1v) is 6.30. The molecule has 3 heteroatoms. The van der Waals surface area contributed by atoms with Gasteiger partial charge in [-0.1, -0.05) is 12.1 Å². The van der Waals surface area contributed by atoms with Gasteiger partial charge < -0.3 is 5.11 Å². The van der Waals surface area contributed by atoms with E-state index in [9.17, 15) is 5.11 Å². The summed E-state index contributed by atoms with van der Waals surface area (Å²) in [5, 5.41) is 23.2. The van der Waals surface area contributed by atoms with Crippen molar-refractivity contribution < 1.29 is 5.11 Å². The molecular formula is C14H13NOS. The molecule has 1 atom stereocenters. The highest BCUT2D eigenvalue weighted by molar-refractivity contribution is 7.07. The summed E-state index contributed by atoms with van der Waals surface area (Å²) in [5.74, 6) is 0. The topological polar surface area (TPSA) is 44.0 Å². The fourth-order valence-electron chi connectivity index (χ4n) is 1.80. The molecule has 0 amide bonds. The maximum Gasteiger partial charge on any atom is 0.0991 e. The van der Waals surface area contributed by atoms with Crippen LogP contribution < -0.4 is 0 Å². The van der Waals surface area contributed by atoms with Gasteiger partial charge in [-0.25, -0.2) is 0 Å². The van der Waals surface area contributed by atoms with E-state index >= 15 is 0 Å². The summed E-state index contributed by atoms with van der Waals surface area (Å²) in [6.07, 6.45) is 0.586. The van der Waals surface area contributed by atoms with Crippen molar-refractivity contribution in [3.63, 3.8) is 0 Å². The van der Waals surface area contributed by atoms with Gasteiger partial charge in [0.1, 0.15) is 0 Å². The molecule has 0 fully saturated rings. The van der Waals surface area contributed by atoms with Crippen LogP contribution in [0.5, 0.6) is 0 Å². The second-order valence-electron chi connectivity index (χ2n) is 4.27. The van der Waals surface area contributed by atoms with E-state index in [1.165, 1.54) is 0 Å². The predicted molar refractivity (Wildman–Crippen MR) is 68.8 cm³/mol. The van der Waals surface area contributed by atoms with Crippen LogP contribution in [0, 0.1) is 11.3 Å². The zero-order valence-corrected chi connectivity index (χ0v) is 10.4. The van der Waals surface area contributed by atoms with Crippen LogP contribution in [0.25, 0.3) is 0 Å². The molecule has 2 nitrogen and oxygen atoms in total. The Kier molecular flexibility index (Phi) is 3.28. The number of hydrogen-bond acceptors (Lipinski definition) is 3. The molecule has 0 aliphatic rings. The van der Waals surface area contributed by atoms with Crippen LogP contribution >= 0.6 is 11.3 Å². The van der Waals surface area contributed by atoms with Crippen LogP contribution in [0.2, 0.25) is 0 Å². The number of hydrogen-bond donors (Lipinski definition) is 1. The Hall–Kier alpha value is -1.63. The van der Waals surface area contributed by atoms with E-state index in [-0.39, 0.29) is 0 Å². The van der Waals surface area contributed by atoms with E-state index in [0.29, 0.717) is 12.0 Å².